The molecule has 1 saturated carbocycles. The maximum Gasteiger partial charge on any atom is 0.225 e. The smallest absolute Gasteiger partial charge is 0.225 e. The van der Waals surface area contributed by atoms with Gasteiger partial charge in [0.25, 0.3) is 0 Å². The third-order valence-electron chi connectivity index (χ3n) is 2.87. The van der Waals surface area contributed by atoms with E-state index in [4.69, 9.17) is 0 Å². The summed E-state index contributed by atoms with van der Waals surface area (Å²) in [5, 5.41) is 9.18. The molecule has 1 unspecified atom stereocenters. The van der Waals surface area contributed by atoms with Crippen LogP contribution >= 0.6 is 0 Å². The second-order valence-corrected chi connectivity index (χ2v) is 4.40. The largest absolute Gasteiger partial charge is 0.392 e. The van der Waals surface area contributed by atoms with Crippen molar-refractivity contribution < 1.29 is 9.90 Å². The Hall–Kier alpha value is -0.570. The summed E-state index contributed by atoms with van der Waals surface area (Å²) in [6, 6.07) is 0. The van der Waals surface area contributed by atoms with Crippen LogP contribution in [0.5, 0.6) is 0 Å². The average molecular weight is 199 g/mol. The highest BCUT2D eigenvalue weighted by atomic mass is 16.3. The Labute approximate surface area is 86.1 Å². The topological polar surface area (TPSA) is 40.5 Å². The number of aliphatic hydroxyl groups is 1. The summed E-state index contributed by atoms with van der Waals surface area (Å²) >= 11 is 0. The van der Waals surface area contributed by atoms with Crippen LogP contribution in [0.3, 0.4) is 0 Å². The van der Waals surface area contributed by atoms with E-state index in [2.05, 4.69) is 0 Å². The van der Waals surface area contributed by atoms with E-state index in [-0.39, 0.29) is 11.8 Å². The first kappa shape index (κ1) is 11.5. The fraction of sp³-hybridized carbons (Fsp3) is 0.909. The van der Waals surface area contributed by atoms with Gasteiger partial charge in [-0.1, -0.05) is 19.3 Å². The molecule has 0 aliphatic heterocycles. The molecular formula is C11H21NO2. The lowest BCUT2D eigenvalue weighted by molar-refractivity contribution is -0.136. The van der Waals surface area contributed by atoms with Gasteiger partial charge in [-0.25, -0.2) is 0 Å². The van der Waals surface area contributed by atoms with Crippen molar-refractivity contribution in [1.29, 1.82) is 0 Å². The molecule has 3 nitrogen and oxygen atoms in total. The standard InChI is InChI=1S/C11H21NO2/c1-9(13)8-12(2)11(14)10-6-4-3-5-7-10/h9-10,13H,3-8H2,1-2H3. The molecule has 1 amide bonds. The van der Waals surface area contributed by atoms with E-state index in [0.717, 1.165) is 12.8 Å². The molecule has 1 aliphatic carbocycles. The molecule has 1 N–H and O–H groups in total. The molecule has 0 saturated heterocycles. The van der Waals surface area contributed by atoms with Crippen molar-refractivity contribution in [2.75, 3.05) is 13.6 Å². The molecule has 0 spiro atoms. The number of carbonyl (C=O) groups is 1. The van der Waals surface area contributed by atoms with E-state index in [0.29, 0.717) is 6.54 Å². The van der Waals surface area contributed by atoms with Gasteiger partial charge in [0.15, 0.2) is 0 Å². The normalized spacial score (nSPS) is 20.5. The SMILES string of the molecule is CC(O)CN(C)C(=O)C1CCCCC1. The zero-order valence-corrected chi connectivity index (χ0v) is 9.20. The number of nitrogens with zero attached hydrogens (tertiary/aromatic N) is 1. The molecule has 1 fully saturated rings. The Morgan fingerprint density at radius 3 is 2.50 bits per heavy atom. The van der Waals surface area contributed by atoms with Crippen LogP contribution in [0.2, 0.25) is 0 Å². The van der Waals surface area contributed by atoms with Gasteiger partial charge in [0.05, 0.1) is 6.10 Å². The third kappa shape index (κ3) is 3.29. The number of amides is 1. The van der Waals surface area contributed by atoms with Crippen LogP contribution in [0.4, 0.5) is 0 Å². The number of rotatable bonds is 3. The lowest BCUT2D eigenvalue weighted by atomic mass is 9.88. The highest BCUT2D eigenvalue weighted by molar-refractivity contribution is 5.78. The fourth-order valence-corrected chi connectivity index (χ4v) is 2.15. The van der Waals surface area contributed by atoms with Crippen molar-refractivity contribution in [3.05, 3.63) is 0 Å². The highest BCUT2D eigenvalue weighted by Gasteiger charge is 2.24. The van der Waals surface area contributed by atoms with E-state index in [1.165, 1.54) is 19.3 Å². The van der Waals surface area contributed by atoms with Crippen LogP contribution in [0, 0.1) is 5.92 Å². The summed E-state index contributed by atoms with van der Waals surface area (Å²) in [7, 11) is 1.78. The van der Waals surface area contributed by atoms with Crippen LogP contribution in [-0.2, 0) is 4.79 Å². The second kappa shape index (κ2) is 5.35. The molecule has 14 heavy (non-hydrogen) atoms. The molecule has 0 heterocycles. The Bertz CT molecular complexity index is 186. The van der Waals surface area contributed by atoms with E-state index in [9.17, 15) is 9.90 Å². The van der Waals surface area contributed by atoms with Crippen LogP contribution in [-0.4, -0.2) is 35.6 Å². The molecule has 0 aromatic rings. The van der Waals surface area contributed by atoms with Crippen molar-refractivity contribution in [2.24, 2.45) is 5.92 Å². The van der Waals surface area contributed by atoms with Crippen molar-refractivity contribution in [3.63, 3.8) is 0 Å². The quantitative estimate of drug-likeness (QED) is 0.746. The van der Waals surface area contributed by atoms with Gasteiger partial charge in [0.1, 0.15) is 0 Å². The molecule has 3 heteroatoms. The summed E-state index contributed by atoms with van der Waals surface area (Å²) in [6.45, 7) is 2.17. The van der Waals surface area contributed by atoms with Crippen molar-refractivity contribution >= 4 is 5.91 Å². The average Bonchev–Trinajstić information content (AvgIpc) is 2.17. The Morgan fingerprint density at radius 2 is 2.00 bits per heavy atom. The summed E-state index contributed by atoms with van der Waals surface area (Å²) in [6.07, 6.45) is 5.26. The van der Waals surface area contributed by atoms with E-state index in [1.54, 1.807) is 18.9 Å². The van der Waals surface area contributed by atoms with Gasteiger partial charge in [0, 0.05) is 19.5 Å². The Kier molecular flexibility index (Phi) is 4.39. The molecule has 0 aromatic carbocycles. The van der Waals surface area contributed by atoms with Gasteiger partial charge in [-0.3, -0.25) is 4.79 Å². The first-order valence-corrected chi connectivity index (χ1v) is 5.54. The lowest BCUT2D eigenvalue weighted by Gasteiger charge is -2.27. The highest BCUT2D eigenvalue weighted by Crippen LogP contribution is 2.24. The van der Waals surface area contributed by atoms with Gasteiger partial charge in [-0.15, -0.1) is 0 Å². The van der Waals surface area contributed by atoms with Gasteiger partial charge in [-0.2, -0.15) is 0 Å². The summed E-state index contributed by atoms with van der Waals surface area (Å²) in [5.74, 6) is 0.429. The minimum Gasteiger partial charge on any atom is -0.392 e. The Morgan fingerprint density at radius 1 is 1.43 bits per heavy atom. The first-order valence-electron chi connectivity index (χ1n) is 5.54. The van der Waals surface area contributed by atoms with Gasteiger partial charge >= 0.3 is 0 Å². The third-order valence-corrected chi connectivity index (χ3v) is 2.87. The fourth-order valence-electron chi connectivity index (χ4n) is 2.15. The van der Waals surface area contributed by atoms with E-state index >= 15 is 0 Å². The van der Waals surface area contributed by atoms with Crippen molar-refractivity contribution in [3.8, 4) is 0 Å². The number of carbonyl (C=O) groups excluding carboxylic acids is 1. The van der Waals surface area contributed by atoms with Gasteiger partial charge in [0.2, 0.25) is 5.91 Å². The zero-order valence-electron chi connectivity index (χ0n) is 9.20. The molecular weight excluding hydrogens is 178 g/mol. The van der Waals surface area contributed by atoms with Gasteiger partial charge in [-0.05, 0) is 19.8 Å². The first-order chi connectivity index (χ1) is 6.61. The van der Waals surface area contributed by atoms with Gasteiger partial charge < -0.3 is 10.0 Å². The maximum absolute atomic E-state index is 11.8. The van der Waals surface area contributed by atoms with E-state index < -0.39 is 6.10 Å². The molecule has 0 bridgehead atoms. The number of aliphatic hydroxyl groups excluding tert-OH is 1. The predicted molar refractivity (Wildman–Crippen MR) is 55.9 cm³/mol. The minimum absolute atomic E-state index is 0.214. The molecule has 0 aromatic heterocycles. The summed E-state index contributed by atoms with van der Waals surface area (Å²) in [4.78, 5) is 13.5. The molecule has 1 atom stereocenters. The molecule has 1 rings (SSSR count). The molecule has 82 valence electrons. The maximum atomic E-state index is 11.8. The number of hydrogen-bond acceptors (Lipinski definition) is 2. The van der Waals surface area contributed by atoms with Crippen LogP contribution in [0.15, 0.2) is 0 Å². The van der Waals surface area contributed by atoms with Crippen LogP contribution < -0.4 is 0 Å². The summed E-state index contributed by atoms with van der Waals surface area (Å²) in [5.41, 5.74) is 0. The zero-order chi connectivity index (χ0) is 10.6. The van der Waals surface area contributed by atoms with Crippen LogP contribution in [0.1, 0.15) is 39.0 Å². The van der Waals surface area contributed by atoms with Crippen LogP contribution in [0.25, 0.3) is 0 Å². The van der Waals surface area contributed by atoms with Crippen molar-refractivity contribution in [2.45, 2.75) is 45.1 Å². The second-order valence-electron chi connectivity index (χ2n) is 4.40. The van der Waals surface area contributed by atoms with E-state index in [1.807, 2.05) is 0 Å². The summed E-state index contributed by atoms with van der Waals surface area (Å²) < 4.78 is 0. The minimum atomic E-state index is -0.424. The molecule has 0 radical (unpaired) electrons. The lowest BCUT2D eigenvalue weighted by Crippen LogP contribution is -2.38. The monoisotopic (exact) mass is 199 g/mol. The van der Waals surface area contributed by atoms with Crippen molar-refractivity contribution in [1.82, 2.24) is 4.90 Å². The Balaban J connectivity index is 2.38. The predicted octanol–water partition coefficient (Wildman–Crippen LogP) is 1.41. The number of likely N-dealkylation sites (N-methyl/N-ethyl adjacent to an activating group) is 1. The molecule has 1 aliphatic rings. The number of hydrogen-bond donors (Lipinski definition) is 1.